The molecule has 1 unspecified atom stereocenters. The molecule has 0 radical (unpaired) electrons. The zero-order valence-corrected chi connectivity index (χ0v) is 13.2. The van der Waals surface area contributed by atoms with Crippen LogP contribution in [0.1, 0.15) is 34.6 Å². The Morgan fingerprint density at radius 2 is 1.86 bits per heavy atom. The van der Waals surface area contributed by atoms with Crippen LogP contribution in [0.3, 0.4) is 0 Å². The molecule has 0 saturated carbocycles. The summed E-state index contributed by atoms with van der Waals surface area (Å²) in [6.45, 7) is 9.01. The largest absolute Gasteiger partial charge is 0.480 e. The van der Waals surface area contributed by atoms with E-state index >= 15 is 0 Å². The second-order valence-corrected chi connectivity index (χ2v) is 6.77. The van der Waals surface area contributed by atoms with Crippen LogP contribution >= 0.6 is 0 Å². The number of carbonyl (C=O) groups is 3. The molecule has 1 aliphatic rings. The molecular weight excluding hydrogens is 276 g/mol. The minimum absolute atomic E-state index is 0.186. The van der Waals surface area contributed by atoms with Crippen molar-refractivity contribution in [1.82, 2.24) is 10.2 Å². The quantitative estimate of drug-likeness (QED) is 0.758. The first-order valence-electron chi connectivity index (χ1n) is 6.90. The number of aliphatic carboxylic acids is 1. The van der Waals surface area contributed by atoms with Crippen molar-refractivity contribution in [2.45, 2.75) is 46.3 Å². The first kappa shape index (κ1) is 17.4. The highest BCUT2D eigenvalue weighted by atomic mass is 16.5. The van der Waals surface area contributed by atoms with E-state index in [0.717, 1.165) is 0 Å². The van der Waals surface area contributed by atoms with Crippen LogP contribution < -0.4 is 5.32 Å². The zero-order chi connectivity index (χ0) is 16.4. The summed E-state index contributed by atoms with van der Waals surface area (Å²) in [7, 11) is 0. The predicted molar refractivity (Wildman–Crippen MR) is 75.6 cm³/mol. The lowest BCUT2D eigenvalue weighted by atomic mass is 9.94. The van der Waals surface area contributed by atoms with Gasteiger partial charge in [-0.05, 0) is 13.8 Å². The molecule has 1 heterocycles. The Morgan fingerprint density at radius 3 is 2.29 bits per heavy atom. The molecule has 7 heteroatoms. The monoisotopic (exact) mass is 300 g/mol. The maximum atomic E-state index is 12.2. The van der Waals surface area contributed by atoms with E-state index in [9.17, 15) is 14.4 Å². The van der Waals surface area contributed by atoms with Gasteiger partial charge in [-0.3, -0.25) is 9.59 Å². The predicted octanol–water partition coefficient (Wildman–Crippen LogP) is 0.239. The average molecular weight is 300 g/mol. The van der Waals surface area contributed by atoms with E-state index in [1.54, 1.807) is 39.5 Å². The van der Waals surface area contributed by atoms with Crippen LogP contribution in [0.2, 0.25) is 0 Å². The molecule has 1 rings (SSSR count). The molecule has 0 aromatic rings. The van der Waals surface area contributed by atoms with Crippen molar-refractivity contribution in [1.29, 1.82) is 0 Å². The topological polar surface area (TPSA) is 95.9 Å². The van der Waals surface area contributed by atoms with Gasteiger partial charge in [0.2, 0.25) is 11.8 Å². The summed E-state index contributed by atoms with van der Waals surface area (Å²) in [5.74, 6) is -1.41. The highest BCUT2D eigenvalue weighted by molar-refractivity contribution is 5.89. The molecule has 2 amide bonds. The van der Waals surface area contributed by atoms with Crippen molar-refractivity contribution in [2.24, 2.45) is 5.41 Å². The first-order valence-corrected chi connectivity index (χ1v) is 6.90. The van der Waals surface area contributed by atoms with Gasteiger partial charge in [-0.1, -0.05) is 20.8 Å². The van der Waals surface area contributed by atoms with E-state index in [1.807, 2.05) is 0 Å². The van der Waals surface area contributed by atoms with E-state index < -0.39 is 23.0 Å². The molecule has 21 heavy (non-hydrogen) atoms. The molecule has 0 spiro atoms. The number of amides is 2. The number of carbonyl (C=O) groups excluding carboxylic acids is 2. The summed E-state index contributed by atoms with van der Waals surface area (Å²) < 4.78 is 5.24. The van der Waals surface area contributed by atoms with Gasteiger partial charge in [0.1, 0.15) is 18.2 Å². The number of nitrogens with zero attached hydrogens (tertiary/aromatic N) is 1. The normalized spacial score (nSPS) is 18.6. The lowest BCUT2D eigenvalue weighted by Crippen LogP contribution is -2.66. The molecule has 1 atom stereocenters. The number of nitrogens with one attached hydrogen (secondary N) is 1. The van der Waals surface area contributed by atoms with Gasteiger partial charge in [0, 0.05) is 5.41 Å². The zero-order valence-electron chi connectivity index (χ0n) is 13.2. The summed E-state index contributed by atoms with van der Waals surface area (Å²) in [6.07, 6.45) is 0. The van der Waals surface area contributed by atoms with Crippen LogP contribution in [0.15, 0.2) is 0 Å². The molecule has 7 nitrogen and oxygen atoms in total. The third kappa shape index (κ3) is 4.70. The molecule has 120 valence electrons. The van der Waals surface area contributed by atoms with Gasteiger partial charge in [0.15, 0.2) is 0 Å². The number of rotatable bonds is 5. The molecule has 0 aromatic heterocycles. The summed E-state index contributed by atoms with van der Waals surface area (Å²) in [4.78, 5) is 36.0. The highest BCUT2D eigenvalue weighted by Crippen LogP contribution is 2.25. The maximum Gasteiger partial charge on any atom is 0.329 e. The number of carboxylic acid groups (broad SMARTS) is 1. The molecule has 2 N–H and O–H groups in total. The third-order valence-electron chi connectivity index (χ3n) is 3.31. The van der Waals surface area contributed by atoms with Crippen molar-refractivity contribution in [3.8, 4) is 0 Å². The Bertz CT molecular complexity index is 435. The summed E-state index contributed by atoms with van der Waals surface area (Å²) in [5, 5.41) is 11.3. The van der Waals surface area contributed by atoms with Crippen LogP contribution in [0.25, 0.3) is 0 Å². The van der Waals surface area contributed by atoms with Gasteiger partial charge in [0.05, 0.1) is 13.1 Å². The van der Waals surface area contributed by atoms with Gasteiger partial charge in [-0.25, -0.2) is 4.79 Å². The van der Waals surface area contributed by atoms with Crippen LogP contribution in [0.5, 0.6) is 0 Å². The fourth-order valence-electron chi connectivity index (χ4n) is 1.99. The van der Waals surface area contributed by atoms with Gasteiger partial charge in [-0.15, -0.1) is 0 Å². The van der Waals surface area contributed by atoms with Crippen LogP contribution in [-0.2, 0) is 19.1 Å². The van der Waals surface area contributed by atoms with E-state index in [0.29, 0.717) is 13.1 Å². The molecule has 0 aliphatic carbocycles. The second kappa shape index (κ2) is 6.01. The van der Waals surface area contributed by atoms with Crippen molar-refractivity contribution < 1.29 is 24.2 Å². The number of carboxylic acids is 1. The Hall–Kier alpha value is -1.63. The number of likely N-dealkylation sites (tertiary alicyclic amines) is 1. The highest BCUT2D eigenvalue weighted by Gasteiger charge is 2.44. The average Bonchev–Trinajstić information content (AvgIpc) is 2.30. The lowest BCUT2D eigenvalue weighted by molar-refractivity contribution is -0.174. The van der Waals surface area contributed by atoms with Gasteiger partial charge in [0.25, 0.3) is 0 Å². The van der Waals surface area contributed by atoms with Crippen molar-refractivity contribution in [2.75, 3.05) is 19.7 Å². The number of hydrogen-bond acceptors (Lipinski definition) is 4. The molecule has 0 aromatic carbocycles. The van der Waals surface area contributed by atoms with Gasteiger partial charge in [-0.2, -0.15) is 0 Å². The summed E-state index contributed by atoms with van der Waals surface area (Å²) in [5.41, 5.74) is -1.18. The Balaban J connectivity index is 2.45. The molecule has 1 fully saturated rings. The standard InChI is InChI=1S/C14H24N2O5/c1-9(15-12(20)13(2,3)4)11(19)16-7-14(5,8-16)21-6-10(17)18/h9H,6-8H2,1-5H3,(H,15,20)(H,17,18). The lowest BCUT2D eigenvalue weighted by Gasteiger charge is -2.48. The second-order valence-electron chi connectivity index (χ2n) is 6.77. The maximum absolute atomic E-state index is 12.2. The minimum Gasteiger partial charge on any atom is -0.480 e. The van der Waals surface area contributed by atoms with E-state index in [1.165, 1.54) is 0 Å². The first-order chi connectivity index (χ1) is 9.44. The van der Waals surface area contributed by atoms with Crippen LogP contribution in [0, 0.1) is 5.41 Å². The third-order valence-corrected chi connectivity index (χ3v) is 3.31. The number of ether oxygens (including phenoxy) is 1. The van der Waals surface area contributed by atoms with E-state index in [2.05, 4.69) is 5.32 Å². The molecule has 1 aliphatic heterocycles. The summed E-state index contributed by atoms with van der Waals surface area (Å²) in [6, 6.07) is -0.610. The molecule has 0 bridgehead atoms. The minimum atomic E-state index is -1.04. The fourth-order valence-corrected chi connectivity index (χ4v) is 1.99. The Kier molecular flexibility index (Phi) is 4.99. The smallest absolute Gasteiger partial charge is 0.329 e. The fraction of sp³-hybridized carbons (Fsp3) is 0.786. The van der Waals surface area contributed by atoms with Crippen LogP contribution in [0.4, 0.5) is 0 Å². The van der Waals surface area contributed by atoms with E-state index in [4.69, 9.17) is 9.84 Å². The van der Waals surface area contributed by atoms with Crippen molar-refractivity contribution in [3.05, 3.63) is 0 Å². The Morgan fingerprint density at radius 1 is 1.33 bits per heavy atom. The molecule has 1 saturated heterocycles. The van der Waals surface area contributed by atoms with Crippen LogP contribution in [-0.4, -0.2) is 59.1 Å². The van der Waals surface area contributed by atoms with Crippen molar-refractivity contribution >= 4 is 17.8 Å². The molecular formula is C14H24N2O5. The number of hydrogen-bond donors (Lipinski definition) is 2. The van der Waals surface area contributed by atoms with E-state index in [-0.39, 0.29) is 18.4 Å². The van der Waals surface area contributed by atoms with Gasteiger partial charge < -0.3 is 20.1 Å². The summed E-state index contributed by atoms with van der Waals surface area (Å²) >= 11 is 0. The SMILES string of the molecule is CC(NC(=O)C(C)(C)C)C(=O)N1CC(C)(OCC(=O)O)C1. The Labute approximate surface area is 124 Å². The van der Waals surface area contributed by atoms with Crippen molar-refractivity contribution in [3.63, 3.8) is 0 Å². The van der Waals surface area contributed by atoms with Gasteiger partial charge >= 0.3 is 5.97 Å².